The molecule has 0 atom stereocenters. The van der Waals surface area contributed by atoms with Crippen LogP contribution in [0, 0.1) is 18.8 Å². The molecule has 2 nitrogen and oxygen atoms in total. The number of aromatic nitrogens is 2. The first-order valence-electron chi connectivity index (χ1n) is 10.1. The molecule has 1 heterocycles. The molecule has 1 aliphatic carbocycles. The van der Waals surface area contributed by atoms with E-state index in [2.05, 4.69) is 48.1 Å². The van der Waals surface area contributed by atoms with Crippen LogP contribution in [-0.2, 0) is 6.42 Å². The van der Waals surface area contributed by atoms with Gasteiger partial charge in [0.05, 0.1) is 0 Å². The van der Waals surface area contributed by atoms with Crippen molar-refractivity contribution in [3.05, 3.63) is 48.0 Å². The van der Waals surface area contributed by atoms with Crippen molar-refractivity contribution < 1.29 is 0 Å². The number of nitrogens with zero attached hydrogens (tertiary/aromatic N) is 2. The maximum atomic E-state index is 4.61. The molecular formula is C23H32N2. The lowest BCUT2D eigenvalue weighted by Gasteiger charge is -2.28. The van der Waals surface area contributed by atoms with Gasteiger partial charge in [0.1, 0.15) is 5.82 Å². The van der Waals surface area contributed by atoms with Crippen LogP contribution in [0.4, 0.5) is 0 Å². The van der Waals surface area contributed by atoms with Crippen LogP contribution in [0.3, 0.4) is 0 Å². The molecule has 1 fully saturated rings. The summed E-state index contributed by atoms with van der Waals surface area (Å²) < 4.78 is 0. The fraction of sp³-hybridized carbons (Fsp3) is 0.565. The van der Waals surface area contributed by atoms with Gasteiger partial charge in [0.25, 0.3) is 0 Å². The second kappa shape index (κ2) is 9.12. The lowest BCUT2D eigenvalue weighted by molar-refractivity contribution is 0.249. The highest BCUT2D eigenvalue weighted by molar-refractivity contribution is 5.61. The van der Waals surface area contributed by atoms with E-state index in [4.69, 9.17) is 0 Å². The molecule has 1 aromatic carbocycles. The zero-order valence-electron chi connectivity index (χ0n) is 15.9. The second-order valence-corrected chi connectivity index (χ2v) is 7.82. The van der Waals surface area contributed by atoms with Gasteiger partial charge in [-0.3, -0.25) is 0 Å². The van der Waals surface area contributed by atoms with Crippen LogP contribution in [-0.4, -0.2) is 9.97 Å². The predicted octanol–water partition coefficient (Wildman–Crippen LogP) is 6.38. The molecule has 0 saturated heterocycles. The van der Waals surface area contributed by atoms with Crippen LogP contribution in [0.25, 0.3) is 11.1 Å². The van der Waals surface area contributed by atoms with Crippen LogP contribution >= 0.6 is 0 Å². The fourth-order valence-electron chi connectivity index (χ4n) is 4.01. The average molecular weight is 337 g/mol. The Balaban J connectivity index is 1.45. The number of hydrogen-bond acceptors (Lipinski definition) is 2. The van der Waals surface area contributed by atoms with E-state index in [-0.39, 0.29) is 0 Å². The standard InChI is InChI=1S/C23H32N2/c1-3-4-5-19-8-10-20(11-9-19)12-15-23-24-16-22(17-25-23)21-13-6-18(2)7-14-21/h6-7,13-14,16-17,19-20H,3-5,8-12,15H2,1-2H3. The first-order chi connectivity index (χ1) is 12.2. The second-order valence-electron chi connectivity index (χ2n) is 7.82. The van der Waals surface area contributed by atoms with Crippen molar-refractivity contribution in [3.8, 4) is 11.1 Å². The predicted molar refractivity (Wildman–Crippen MR) is 105 cm³/mol. The first-order valence-corrected chi connectivity index (χ1v) is 10.1. The molecule has 0 spiro atoms. The summed E-state index contributed by atoms with van der Waals surface area (Å²) in [5.41, 5.74) is 3.59. The minimum absolute atomic E-state index is 0.887. The van der Waals surface area contributed by atoms with Crippen molar-refractivity contribution in [2.75, 3.05) is 0 Å². The van der Waals surface area contributed by atoms with Crippen LogP contribution in [0.1, 0.15) is 69.7 Å². The summed E-state index contributed by atoms with van der Waals surface area (Å²) in [4.78, 5) is 9.21. The molecule has 25 heavy (non-hydrogen) atoms. The van der Waals surface area contributed by atoms with Gasteiger partial charge in [-0.1, -0.05) is 81.7 Å². The molecule has 1 aliphatic rings. The highest BCUT2D eigenvalue weighted by atomic mass is 14.9. The van der Waals surface area contributed by atoms with Gasteiger partial charge in [-0.2, -0.15) is 0 Å². The van der Waals surface area contributed by atoms with E-state index in [1.807, 2.05) is 12.4 Å². The summed E-state index contributed by atoms with van der Waals surface area (Å²) in [7, 11) is 0. The molecule has 134 valence electrons. The number of benzene rings is 1. The maximum Gasteiger partial charge on any atom is 0.128 e. The van der Waals surface area contributed by atoms with Crippen molar-refractivity contribution in [2.45, 2.75) is 71.6 Å². The topological polar surface area (TPSA) is 25.8 Å². The summed E-state index contributed by atoms with van der Waals surface area (Å²) in [6, 6.07) is 8.57. The van der Waals surface area contributed by atoms with Crippen molar-refractivity contribution >= 4 is 0 Å². The van der Waals surface area contributed by atoms with Crippen molar-refractivity contribution in [3.63, 3.8) is 0 Å². The Labute approximate surface area is 153 Å². The van der Waals surface area contributed by atoms with Gasteiger partial charge in [-0.15, -0.1) is 0 Å². The summed E-state index contributed by atoms with van der Waals surface area (Å²) in [5.74, 6) is 2.89. The minimum atomic E-state index is 0.887. The Kier molecular flexibility index (Phi) is 6.61. The van der Waals surface area contributed by atoms with Crippen LogP contribution in [0.15, 0.2) is 36.7 Å². The molecule has 1 saturated carbocycles. The summed E-state index contributed by atoms with van der Waals surface area (Å²) in [6.07, 6.45) is 16.2. The van der Waals surface area contributed by atoms with E-state index in [0.29, 0.717) is 0 Å². The molecule has 3 rings (SSSR count). The van der Waals surface area contributed by atoms with E-state index in [1.165, 1.54) is 62.5 Å². The fourth-order valence-corrected chi connectivity index (χ4v) is 4.01. The van der Waals surface area contributed by atoms with Gasteiger partial charge >= 0.3 is 0 Å². The molecule has 2 heteroatoms. The Bertz CT molecular complexity index is 622. The summed E-state index contributed by atoms with van der Waals surface area (Å²) in [6.45, 7) is 4.41. The molecule has 0 radical (unpaired) electrons. The monoisotopic (exact) mass is 336 g/mol. The third-order valence-electron chi connectivity index (χ3n) is 5.80. The molecule has 0 amide bonds. The Morgan fingerprint density at radius 2 is 1.44 bits per heavy atom. The molecule has 0 bridgehead atoms. The number of rotatable bonds is 7. The minimum Gasteiger partial charge on any atom is -0.241 e. The summed E-state index contributed by atoms with van der Waals surface area (Å²) in [5, 5.41) is 0. The van der Waals surface area contributed by atoms with E-state index in [9.17, 15) is 0 Å². The van der Waals surface area contributed by atoms with Crippen LogP contribution < -0.4 is 0 Å². The zero-order valence-corrected chi connectivity index (χ0v) is 15.9. The number of hydrogen-bond donors (Lipinski definition) is 0. The molecule has 1 aromatic heterocycles. The van der Waals surface area contributed by atoms with Gasteiger partial charge in [-0.05, 0) is 30.7 Å². The van der Waals surface area contributed by atoms with E-state index in [0.717, 1.165) is 29.6 Å². The Morgan fingerprint density at radius 1 is 0.840 bits per heavy atom. The quantitative estimate of drug-likeness (QED) is 0.586. The molecule has 2 aromatic rings. The van der Waals surface area contributed by atoms with E-state index in [1.54, 1.807) is 0 Å². The van der Waals surface area contributed by atoms with Gasteiger partial charge in [0, 0.05) is 24.4 Å². The number of aryl methyl sites for hydroxylation is 2. The highest BCUT2D eigenvalue weighted by Crippen LogP contribution is 2.34. The van der Waals surface area contributed by atoms with E-state index < -0.39 is 0 Å². The lowest BCUT2D eigenvalue weighted by atomic mass is 9.78. The molecular weight excluding hydrogens is 304 g/mol. The lowest BCUT2D eigenvalue weighted by Crippen LogP contribution is -2.15. The van der Waals surface area contributed by atoms with Crippen LogP contribution in [0.5, 0.6) is 0 Å². The largest absolute Gasteiger partial charge is 0.241 e. The molecule has 0 aliphatic heterocycles. The third-order valence-corrected chi connectivity index (χ3v) is 5.80. The highest BCUT2D eigenvalue weighted by Gasteiger charge is 2.20. The Hall–Kier alpha value is -1.70. The van der Waals surface area contributed by atoms with Crippen molar-refractivity contribution in [2.24, 2.45) is 11.8 Å². The molecule has 0 unspecified atom stereocenters. The van der Waals surface area contributed by atoms with Gasteiger partial charge < -0.3 is 0 Å². The van der Waals surface area contributed by atoms with Gasteiger partial charge in [-0.25, -0.2) is 9.97 Å². The SMILES string of the molecule is CCCCC1CCC(CCc2ncc(-c3ccc(C)cc3)cn2)CC1. The van der Waals surface area contributed by atoms with Crippen LogP contribution in [0.2, 0.25) is 0 Å². The molecule has 0 N–H and O–H groups in total. The van der Waals surface area contributed by atoms with Gasteiger partial charge in [0.2, 0.25) is 0 Å². The van der Waals surface area contributed by atoms with Crippen molar-refractivity contribution in [1.29, 1.82) is 0 Å². The smallest absolute Gasteiger partial charge is 0.128 e. The normalized spacial score (nSPS) is 20.6. The maximum absolute atomic E-state index is 4.61. The summed E-state index contributed by atoms with van der Waals surface area (Å²) >= 11 is 0. The number of unbranched alkanes of at least 4 members (excludes halogenated alkanes) is 1. The van der Waals surface area contributed by atoms with E-state index >= 15 is 0 Å². The average Bonchev–Trinajstić information content (AvgIpc) is 2.67. The zero-order chi connectivity index (χ0) is 17.5. The van der Waals surface area contributed by atoms with Gasteiger partial charge in [0.15, 0.2) is 0 Å². The first kappa shape index (κ1) is 18.1. The Morgan fingerprint density at radius 3 is 2.04 bits per heavy atom. The van der Waals surface area contributed by atoms with Crippen molar-refractivity contribution in [1.82, 2.24) is 9.97 Å². The third kappa shape index (κ3) is 5.39.